The normalized spacial score (nSPS) is 26.1. The maximum Gasteiger partial charge on any atom is 0.328 e. The van der Waals surface area contributed by atoms with Crippen LogP contribution in [-0.2, 0) is 19.1 Å². The summed E-state index contributed by atoms with van der Waals surface area (Å²) < 4.78 is 18.8. The van der Waals surface area contributed by atoms with Crippen LogP contribution in [0.5, 0.6) is 0 Å². The monoisotopic (exact) mass is 278 g/mol. The Morgan fingerprint density at radius 3 is 2.75 bits per heavy atom. The third kappa shape index (κ3) is 2.67. The number of carbonyl (C=O) groups excluding carboxylic acids is 2. The summed E-state index contributed by atoms with van der Waals surface area (Å²) >= 11 is 0. The van der Waals surface area contributed by atoms with Crippen LogP contribution in [0.1, 0.15) is 33.9 Å². The molecule has 5 nitrogen and oxygen atoms in total. The average Bonchev–Trinajstić information content (AvgIpc) is 2.76. The Balaban J connectivity index is 2.37. The van der Waals surface area contributed by atoms with Crippen molar-refractivity contribution in [3.63, 3.8) is 0 Å². The van der Waals surface area contributed by atoms with Gasteiger partial charge in [0, 0.05) is 5.56 Å². The summed E-state index contributed by atoms with van der Waals surface area (Å²) in [7, 11) is 0. The Hall–Kier alpha value is -1.88. The third-order valence-corrected chi connectivity index (χ3v) is 3.17. The smallest absolute Gasteiger partial charge is 0.328 e. The first kappa shape index (κ1) is 13.1. The molecule has 0 saturated carbocycles. The Morgan fingerprint density at radius 1 is 1.50 bits per heavy atom. The lowest BCUT2D eigenvalue weighted by molar-refractivity contribution is -0.155. The number of rotatable bonds is 4. The molecule has 1 saturated heterocycles. The highest BCUT2D eigenvalue weighted by atomic mass is 16.5. The van der Waals surface area contributed by atoms with E-state index in [1.165, 1.54) is 6.92 Å². The number of nitrogens with zero attached hydrogens (tertiary/aromatic N) is 1. The summed E-state index contributed by atoms with van der Waals surface area (Å²) in [4.78, 5) is 25.5. The molecule has 0 spiro atoms. The molecular formula is C15H19NO4. The zero-order valence-electron chi connectivity index (χ0n) is 12.8. The van der Waals surface area contributed by atoms with Crippen molar-refractivity contribution < 1.29 is 20.4 Å². The molecule has 1 heterocycles. The van der Waals surface area contributed by atoms with Crippen LogP contribution in [0.15, 0.2) is 30.3 Å². The van der Waals surface area contributed by atoms with Crippen molar-refractivity contribution in [3.05, 3.63) is 35.9 Å². The van der Waals surface area contributed by atoms with Crippen molar-refractivity contribution in [2.24, 2.45) is 0 Å². The third-order valence-electron chi connectivity index (χ3n) is 3.17. The van der Waals surface area contributed by atoms with Crippen molar-refractivity contribution in [1.82, 2.24) is 4.90 Å². The number of ether oxygens (including phenoxy) is 2. The molecule has 1 aliphatic heterocycles. The summed E-state index contributed by atoms with van der Waals surface area (Å²) in [5, 5.41) is 0. The van der Waals surface area contributed by atoms with Gasteiger partial charge in [-0.25, -0.2) is 4.79 Å². The second kappa shape index (κ2) is 6.05. The van der Waals surface area contributed by atoms with Crippen LogP contribution in [0, 0.1) is 0 Å². The average molecular weight is 278 g/mol. The van der Waals surface area contributed by atoms with Gasteiger partial charge in [0.15, 0.2) is 6.23 Å². The minimum atomic E-state index is -1.83. The van der Waals surface area contributed by atoms with E-state index in [1.54, 1.807) is 26.0 Å². The molecule has 108 valence electrons. The molecule has 0 radical (unpaired) electrons. The lowest BCUT2D eigenvalue weighted by Crippen LogP contribution is -2.43. The molecule has 20 heavy (non-hydrogen) atoms. The van der Waals surface area contributed by atoms with Crippen molar-refractivity contribution >= 4 is 11.9 Å². The van der Waals surface area contributed by atoms with E-state index in [9.17, 15) is 9.59 Å². The molecule has 0 unspecified atom stereocenters. The summed E-state index contributed by atoms with van der Waals surface area (Å²) in [5.74, 6) is -1.16. The van der Waals surface area contributed by atoms with E-state index in [2.05, 4.69) is 0 Å². The Labute approximate surface area is 119 Å². The van der Waals surface area contributed by atoms with E-state index in [4.69, 9.17) is 10.8 Å². The molecule has 1 aromatic rings. The van der Waals surface area contributed by atoms with Crippen molar-refractivity contribution in [3.8, 4) is 0 Å². The molecule has 1 aliphatic rings. The van der Waals surface area contributed by atoms with E-state index in [0.29, 0.717) is 0 Å². The molecular weight excluding hydrogens is 258 g/mol. The standard InChI is InChI=1S/C15H19NO4/c1-4-19-15(18)10(2)16-13(17)11(3)20-14(16)12-8-6-5-7-9-12/h5-11,14H,4H2,1-3H3/t10-,11-,14+/m0/s1/i10D. The van der Waals surface area contributed by atoms with Crippen LogP contribution < -0.4 is 0 Å². The van der Waals surface area contributed by atoms with Gasteiger partial charge in [0.2, 0.25) is 0 Å². The Kier molecular flexibility index (Phi) is 3.97. The Morgan fingerprint density at radius 2 is 2.15 bits per heavy atom. The lowest BCUT2D eigenvalue weighted by atomic mass is 10.1. The van der Waals surface area contributed by atoms with E-state index < -0.39 is 30.2 Å². The number of amides is 1. The fourth-order valence-electron chi connectivity index (χ4n) is 2.14. The van der Waals surface area contributed by atoms with E-state index >= 15 is 0 Å². The van der Waals surface area contributed by atoms with Crippen LogP contribution in [0.25, 0.3) is 0 Å². The number of hydrogen-bond donors (Lipinski definition) is 0. The molecule has 2 rings (SSSR count). The zero-order valence-corrected chi connectivity index (χ0v) is 11.8. The van der Waals surface area contributed by atoms with E-state index in [1.807, 2.05) is 18.2 Å². The van der Waals surface area contributed by atoms with Gasteiger partial charge >= 0.3 is 5.97 Å². The molecule has 3 atom stereocenters. The Bertz CT molecular complexity index is 532. The number of esters is 1. The van der Waals surface area contributed by atoms with Gasteiger partial charge in [-0.2, -0.15) is 0 Å². The van der Waals surface area contributed by atoms with Gasteiger partial charge in [-0.05, 0) is 20.8 Å². The number of hydrogen-bond acceptors (Lipinski definition) is 4. The molecule has 0 aromatic heterocycles. The van der Waals surface area contributed by atoms with Crippen LogP contribution in [0.4, 0.5) is 0 Å². The van der Waals surface area contributed by atoms with Crippen molar-refractivity contribution in [2.75, 3.05) is 6.61 Å². The molecule has 1 fully saturated rings. The van der Waals surface area contributed by atoms with Gasteiger partial charge < -0.3 is 9.47 Å². The van der Waals surface area contributed by atoms with Crippen LogP contribution in [0.3, 0.4) is 0 Å². The minimum absolute atomic E-state index is 0.155. The SMILES string of the molecule is [2H][C@](C)(C(=O)OCC)N1C(=O)[C@H](C)O[C@@H]1c1ccccc1. The molecule has 0 N–H and O–H groups in total. The van der Waals surface area contributed by atoms with Gasteiger partial charge in [-0.15, -0.1) is 0 Å². The molecule has 5 heteroatoms. The van der Waals surface area contributed by atoms with Crippen molar-refractivity contribution in [2.45, 2.75) is 39.1 Å². The minimum Gasteiger partial charge on any atom is -0.464 e. The van der Waals surface area contributed by atoms with Crippen molar-refractivity contribution in [1.29, 1.82) is 0 Å². The van der Waals surface area contributed by atoms with Gasteiger partial charge in [0.25, 0.3) is 5.91 Å². The highest BCUT2D eigenvalue weighted by molar-refractivity contribution is 5.88. The van der Waals surface area contributed by atoms with E-state index in [0.717, 1.165) is 10.5 Å². The summed E-state index contributed by atoms with van der Waals surface area (Å²) in [5.41, 5.74) is 0.720. The highest BCUT2D eigenvalue weighted by Crippen LogP contribution is 2.33. The summed E-state index contributed by atoms with van der Waals surface area (Å²) in [6, 6.07) is 7.23. The maximum atomic E-state index is 12.3. The summed E-state index contributed by atoms with van der Waals surface area (Å²) in [6.45, 7) is 4.77. The first-order valence-corrected chi connectivity index (χ1v) is 6.60. The highest BCUT2D eigenvalue weighted by Gasteiger charge is 2.43. The predicted octanol–water partition coefficient (Wildman–Crippen LogP) is 1.88. The van der Waals surface area contributed by atoms with Crippen LogP contribution in [0.2, 0.25) is 0 Å². The molecule has 1 amide bonds. The predicted molar refractivity (Wildman–Crippen MR) is 72.7 cm³/mol. The van der Waals surface area contributed by atoms with Gasteiger partial charge in [-0.3, -0.25) is 9.69 Å². The van der Waals surface area contributed by atoms with Crippen LogP contribution >= 0.6 is 0 Å². The van der Waals surface area contributed by atoms with E-state index in [-0.39, 0.29) is 6.61 Å². The molecule has 0 aliphatic carbocycles. The van der Waals surface area contributed by atoms with Gasteiger partial charge in [0.1, 0.15) is 12.1 Å². The second-order valence-electron chi connectivity index (χ2n) is 4.56. The second-order valence-corrected chi connectivity index (χ2v) is 4.56. The maximum absolute atomic E-state index is 12.3. The van der Waals surface area contributed by atoms with Gasteiger partial charge in [-0.1, -0.05) is 30.3 Å². The molecule has 0 bridgehead atoms. The first-order valence-electron chi connectivity index (χ1n) is 7.10. The first-order chi connectivity index (χ1) is 9.89. The zero-order chi connectivity index (χ0) is 15.6. The quantitative estimate of drug-likeness (QED) is 0.789. The number of carbonyl (C=O) groups is 2. The lowest BCUT2D eigenvalue weighted by Gasteiger charge is -2.28. The summed E-state index contributed by atoms with van der Waals surface area (Å²) in [6.07, 6.45) is -1.46. The van der Waals surface area contributed by atoms with Crippen LogP contribution in [-0.4, -0.2) is 35.5 Å². The topological polar surface area (TPSA) is 55.8 Å². The largest absolute Gasteiger partial charge is 0.464 e. The van der Waals surface area contributed by atoms with Gasteiger partial charge in [0.05, 0.1) is 7.98 Å². The fourth-order valence-corrected chi connectivity index (χ4v) is 2.14. The fraction of sp³-hybridized carbons (Fsp3) is 0.467. The molecule has 1 aromatic carbocycles. The number of benzene rings is 1.